The maximum atomic E-state index is 3.55. The number of nitrogens with zero attached hydrogens (tertiary/aromatic N) is 2. The van der Waals surface area contributed by atoms with Crippen molar-refractivity contribution in [2.75, 3.05) is 52.4 Å². The minimum atomic E-state index is 1.11. The van der Waals surface area contributed by atoms with Crippen molar-refractivity contribution in [3.8, 4) is 0 Å². The van der Waals surface area contributed by atoms with Gasteiger partial charge in [-0.2, -0.15) is 0 Å². The van der Waals surface area contributed by atoms with Gasteiger partial charge in [0.2, 0.25) is 0 Å². The third-order valence-corrected chi connectivity index (χ3v) is 4.58. The molecule has 1 fully saturated rings. The van der Waals surface area contributed by atoms with E-state index in [9.17, 15) is 0 Å². The summed E-state index contributed by atoms with van der Waals surface area (Å²) in [6.45, 7) is 11.8. The van der Waals surface area contributed by atoms with Crippen molar-refractivity contribution in [3.05, 3.63) is 22.4 Å². The van der Waals surface area contributed by atoms with Gasteiger partial charge in [-0.3, -0.25) is 4.90 Å². The second-order valence-electron chi connectivity index (χ2n) is 4.86. The number of thiophene rings is 1. The summed E-state index contributed by atoms with van der Waals surface area (Å²) in [4.78, 5) is 6.59. The van der Waals surface area contributed by atoms with Crippen molar-refractivity contribution in [1.82, 2.24) is 15.1 Å². The van der Waals surface area contributed by atoms with Gasteiger partial charge in [0.15, 0.2) is 0 Å². The molecule has 0 aliphatic carbocycles. The van der Waals surface area contributed by atoms with E-state index in [2.05, 4.69) is 39.6 Å². The molecule has 0 amide bonds. The van der Waals surface area contributed by atoms with E-state index in [1.807, 2.05) is 11.3 Å². The molecule has 1 aliphatic heterocycles. The van der Waals surface area contributed by atoms with Gasteiger partial charge < -0.3 is 10.2 Å². The predicted molar refractivity (Wildman–Crippen MR) is 79.4 cm³/mol. The molecule has 0 atom stereocenters. The summed E-state index contributed by atoms with van der Waals surface area (Å²) >= 11 is 1.86. The molecular formula is C14H25N3S. The molecule has 2 heterocycles. The molecule has 0 unspecified atom stereocenters. The van der Waals surface area contributed by atoms with Crippen LogP contribution in [0.25, 0.3) is 0 Å². The van der Waals surface area contributed by atoms with E-state index in [0.717, 1.165) is 13.1 Å². The van der Waals surface area contributed by atoms with Crippen LogP contribution in [0.15, 0.2) is 17.5 Å². The van der Waals surface area contributed by atoms with E-state index in [-0.39, 0.29) is 0 Å². The standard InChI is InChI=1S/C14H25N3S/c1-2-16-9-11-17(12-10-16)8-7-15-6-5-14-4-3-13-18-14/h3-4,13,15H,2,5-12H2,1H3. The smallest absolute Gasteiger partial charge is 0.0110 e. The molecule has 0 saturated carbocycles. The zero-order valence-electron chi connectivity index (χ0n) is 11.4. The Labute approximate surface area is 115 Å². The predicted octanol–water partition coefficient (Wildman–Crippen LogP) is 1.52. The van der Waals surface area contributed by atoms with Gasteiger partial charge in [-0.25, -0.2) is 0 Å². The van der Waals surface area contributed by atoms with Gasteiger partial charge in [-0.15, -0.1) is 11.3 Å². The highest BCUT2D eigenvalue weighted by Crippen LogP contribution is 2.08. The van der Waals surface area contributed by atoms with Crippen LogP contribution in [0.1, 0.15) is 11.8 Å². The number of hydrogen-bond donors (Lipinski definition) is 1. The average Bonchev–Trinajstić information content (AvgIpc) is 2.92. The Morgan fingerprint density at radius 1 is 1.17 bits per heavy atom. The van der Waals surface area contributed by atoms with Crippen molar-refractivity contribution in [2.24, 2.45) is 0 Å². The molecule has 1 aliphatic rings. The Balaban J connectivity index is 1.48. The van der Waals surface area contributed by atoms with Gasteiger partial charge in [-0.05, 0) is 24.4 Å². The van der Waals surface area contributed by atoms with Crippen LogP contribution in [0.3, 0.4) is 0 Å². The maximum absolute atomic E-state index is 3.55. The molecule has 1 N–H and O–H groups in total. The van der Waals surface area contributed by atoms with Crippen LogP contribution in [0.5, 0.6) is 0 Å². The van der Waals surface area contributed by atoms with E-state index in [4.69, 9.17) is 0 Å². The second-order valence-corrected chi connectivity index (χ2v) is 5.89. The fourth-order valence-electron chi connectivity index (χ4n) is 2.36. The number of rotatable bonds is 7. The summed E-state index contributed by atoms with van der Waals surface area (Å²) in [7, 11) is 0. The first-order chi connectivity index (χ1) is 8.88. The Morgan fingerprint density at radius 3 is 2.61 bits per heavy atom. The molecule has 102 valence electrons. The van der Waals surface area contributed by atoms with Crippen molar-refractivity contribution in [2.45, 2.75) is 13.3 Å². The van der Waals surface area contributed by atoms with E-state index in [1.165, 1.54) is 50.6 Å². The first kappa shape index (κ1) is 14.0. The molecule has 3 nitrogen and oxygen atoms in total. The van der Waals surface area contributed by atoms with Gasteiger partial charge in [0.25, 0.3) is 0 Å². The third kappa shape index (κ3) is 4.69. The van der Waals surface area contributed by atoms with Crippen LogP contribution < -0.4 is 5.32 Å². The average molecular weight is 267 g/mol. The Hall–Kier alpha value is -0.420. The molecule has 4 heteroatoms. The molecule has 0 bridgehead atoms. The van der Waals surface area contributed by atoms with E-state index >= 15 is 0 Å². The van der Waals surface area contributed by atoms with Gasteiger partial charge in [0, 0.05) is 50.7 Å². The second kappa shape index (κ2) is 7.89. The molecule has 0 radical (unpaired) electrons. The van der Waals surface area contributed by atoms with Gasteiger partial charge in [-0.1, -0.05) is 13.0 Å². The quantitative estimate of drug-likeness (QED) is 0.756. The van der Waals surface area contributed by atoms with Crippen LogP contribution in [-0.4, -0.2) is 62.2 Å². The van der Waals surface area contributed by atoms with Gasteiger partial charge >= 0.3 is 0 Å². The highest BCUT2D eigenvalue weighted by atomic mass is 32.1. The fourth-order valence-corrected chi connectivity index (χ4v) is 3.07. The van der Waals surface area contributed by atoms with Crippen molar-refractivity contribution < 1.29 is 0 Å². The van der Waals surface area contributed by atoms with Crippen molar-refractivity contribution >= 4 is 11.3 Å². The Kier molecular flexibility index (Phi) is 6.14. The lowest BCUT2D eigenvalue weighted by Gasteiger charge is -2.34. The van der Waals surface area contributed by atoms with Crippen molar-refractivity contribution in [1.29, 1.82) is 0 Å². The summed E-state index contributed by atoms with van der Waals surface area (Å²) < 4.78 is 0. The van der Waals surface area contributed by atoms with Crippen LogP contribution in [-0.2, 0) is 6.42 Å². The molecule has 1 aromatic rings. The minimum Gasteiger partial charge on any atom is -0.315 e. The first-order valence-electron chi connectivity index (χ1n) is 7.06. The minimum absolute atomic E-state index is 1.11. The highest BCUT2D eigenvalue weighted by molar-refractivity contribution is 7.09. The van der Waals surface area contributed by atoms with Crippen LogP contribution >= 0.6 is 11.3 Å². The molecule has 18 heavy (non-hydrogen) atoms. The molecule has 0 aromatic carbocycles. The molecule has 2 rings (SSSR count). The summed E-state index contributed by atoms with van der Waals surface area (Å²) in [5, 5.41) is 5.70. The van der Waals surface area contributed by atoms with E-state index in [1.54, 1.807) is 0 Å². The summed E-state index contributed by atoms with van der Waals surface area (Å²) in [6, 6.07) is 4.35. The van der Waals surface area contributed by atoms with Gasteiger partial charge in [0.1, 0.15) is 0 Å². The number of likely N-dealkylation sites (N-methyl/N-ethyl adjacent to an activating group) is 1. The van der Waals surface area contributed by atoms with Crippen LogP contribution in [0.4, 0.5) is 0 Å². The lowest BCUT2D eigenvalue weighted by molar-refractivity contribution is 0.138. The topological polar surface area (TPSA) is 18.5 Å². The first-order valence-corrected chi connectivity index (χ1v) is 7.94. The zero-order valence-corrected chi connectivity index (χ0v) is 12.2. The number of piperazine rings is 1. The van der Waals surface area contributed by atoms with E-state index < -0.39 is 0 Å². The lowest BCUT2D eigenvalue weighted by Crippen LogP contribution is -2.47. The molecular weight excluding hydrogens is 242 g/mol. The van der Waals surface area contributed by atoms with Crippen LogP contribution in [0, 0.1) is 0 Å². The largest absolute Gasteiger partial charge is 0.315 e. The summed E-state index contributed by atoms with van der Waals surface area (Å²) in [5.41, 5.74) is 0. The molecule has 1 aromatic heterocycles. The summed E-state index contributed by atoms with van der Waals surface area (Å²) in [5.74, 6) is 0. The Morgan fingerprint density at radius 2 is 1.94 bits per heavy atom. The monoisotopic (exact) mass is 267 g/mol. The van der Waals surface area contributed by atoms with E-state index in [0.29, 0.717) is 0 Å². The van der Waals surface area contributed by atoms with Crippen molar-refractivity contribution in [3.63, 3.8) is 0 Å². The third-order valence-electron chi connectivity index (χ3n) is 3.65. The Bertz CT molecular complexity index is 305. The molecule has 1 saturated heterocycles. The normalized spacial score (nSPS) is 18.3. The van der Waals surface area contributed by atoms with Crippen LogP contribution in [0.2, 0.25) is 0 Å². The zero-order chi connectivity index (χ0) is 12.6. The maximum Gasteiger partial charge on any atom is 0.0110 e. The highest BCUT2D eigenvalue weighted by Gasteiger charge is 2.14. The SMILES string of the molecule is CCN1CCN(CCNCCc2cccs2)CC1. The van der Waals surface area contributed by atoms with Gasteiger partial charge in [0.05, 0.1) is 0 Å². The molecule has 0 spiro atoms. The number of nitrogens with one attached hydrogen (secondary N) is 1. The summed E-state index contributed by atoms with van der Waals surface area (Å²) in [6.07, 6.45) is 1.17. The lowest BCUT2D eigenvalue weighted by atomic mass is 10.3. The number of hydrogen-bond acceptors (Lipinski definition) is 4. The fraction of sp³-hybridized carbons (Fsp3) is 0.714.